The molecule has 0 bridgehead atoms. The number of halogens is 2. The minimum absolute atomic E-state index is 0.0910. The Bertz CT molecular complexity index is 1040. The van der Waals surface area contributed by atoms with E-state index in [9.17, 15) is 18.4 Å². The van der Waals surface area contributed by atoms with Crippen LogP contribution in [0.2, 0.25) is 0 Å². The lowest BCUT2D eigenvalue weighted by Crippen LogP contribution is -2.47. The van der Waals surface area contributed by atoms with Crippen LogP contribution in [0.4, 0.5) is 25.1 Å². The van der Waals surface area contributed by atoms with E-state index in [-0.39, 0.29) is 5.82 Å². The van der Waals surface area contributed by atoms with Crippen molar-refractivity contribution in [2.24, 2.45) is 5.73 Å². The number of benzene rings is 1. The molecule has 2 aromatic rings. The maximum absolute atomic E-state index is 13.8. The summed E-state index contributed by atoms with van der Waals surface area (Å²) in [7, 11) is 0. The van der Waals surface area contributed by atoms with Gasteiger partial charge in [-0.2, -0.15) is 0 Å². The number of fused-ring (bicyclic) bond motifs is 3. The highest BCUT2D eigenvalue weighted by Crippen LogP contribution is 2.40. The maximum Gasteiger partial charge on any atom is 0.416 e. The second-order valence-electron chi connectivity index (χ2n) is 8.06. The monoisotopic (exact) mass is 435 g/mol. The lowest BCUT2D eigenvalue weighted by molar-refractivity contribution is -0.118. The zero-order valence-electron chi connectivity index (χ0n) is 17.3. The van der Waals surface area contributed by atoms with Gasteiger partial charge < -0.3 is 25.1 Å². The van der Waals surface area contributed by atoms with Gasteiger partial charge in [0.15, 0.2) is 5.82 Å². The minimum atomic E-state index is -2.81. The van der Waals surface area contributed by atoms with Gasteiger partial charge in [-0.3, -0.25) is 4.79 Å². The second-order valence-corrected chi connectivity index (χ2v) is 8.06. The number of cyclic esters (lactones) is 1. The van der Waals surface area contributed by atoms with Gasteiger partial charge in [0.05, 0.1) is 12.1 Å². The zero-order chi connectivity index (χ0) is 22.5. The summed E-state index contributed by atoms with van der Waals surface area (Å²) in [6.07, 6.45) is -2.12. The summed E-state index contributed by atoms with van der Waals surface area (Å²) >= 11 is 0. The number of nitrogens with one attached hydrogen (secondary N) is 1. The number of nitrogens with zero attached hydrogens (tertiary/aromatic N) is 3. The van der Waals surface area contributed by atoms with Gasteiger partial charge in [0.1, 0.15) is 35.9 Å². The van der Waals surface area contributed by atoms with E-state index >= 15 is 0 Å². The molecule has 1 fully saturated rings. The van der Waals surface area contributed by atoms with Crippen LogP contribution in [-0.4, -0.2) is 52.3 Å². The third kappa shape index (κ3) is 3.64. The molecule has 11 heteroatoms. The second kappa shape index (κ2) is 7.40. The number of aromatic nitrogens is 2. The largest absolute Gasteiger partial charge is 0.491 e. The van der Waals surface area contributed by atoms with Crippen LogP contribution in [0.15, 0.2) is 24.4 Å². The van der Waals surface area contributed by atoms with Crippen LogP contribution in [-0.2, 0) is 16.1 Å². The van der Waals surface area contributed by atoms with Gasteiger partial charge in [0.2, 0.25) is 5.91 Å². The topological polar surface area (TPSA) is 112 Å². The van der Waals surface area contributed by atoms with Crippen molar-refractivity contribution in [1.82, 2.24) is 9.55 Å². The molecule has 0 radical (unpaired) electrons. The number of hydrogen-bond acceptors (Lipinski definition) is 6. The third-order valence-corrected chi connectivity index (χ3v) is 5.41. The number of anilines is 2. The van der Waals surface area contributed by atoms with E-state index in [1.807, 2.05) is 0 Å². The van der Waals surface area contributed by atoms with Gasteiger partial charge >= 0.3 is 6.09 Å². The molecule has 0 aliphatic carbocycles. The SMILES string of the molecule is CC(Nc1ccc2c(c1)OCCn1cc(N3C(=O)OC(C)(C)[C@H]3C(F)F)nc1-2)C(N)=O. The molecule has 1 aromatic heterocycles. The summed E-state index contributed by atoms with van der Waals surface area (Å²) < 4.78 is 40.3. The van der Waals surface area contributed by atoms with Gasteiger partial charge in [0, 0.05) is 18.0 Å². The van der Waals surface area contributed by atoms with Crippen LogP contribution in [0, 0.1) is 0 Å². The maximum atomic E-state index is 13.8. The molecule has 2 aliphatic heterocycles. The van der Waals surface area contributed by atoms with Gasteiger partial charge in [-0.25, -0.2) is 23.5 Å². The summed E-state index contributed by atoms with van der Waals surface area (Å²) in [5.74, 6) is 0.577. The van der Waals surface area contributed by atoms with E-state index in [1.165, 1.54) is 13.8 Å². The first-order valence-electron chi connectivity index (χ1n) is 9.79. The molecule has 166 valence electrons. The number of carbonyl (C=O) groups is 2. The van der Waals surface area contributed by atoms with Crippen LogP contribution in [0.5, 0.6) is 5.75 Å². The van der Waals surface area contributed by atoms with Crippen LogP contribution >= 0.6 is 0 Å². The molecule has 4 rings (SSSR count). The highest BCUT2D eigenvalue weighted by Gasteiger charge is 2.54. The lowest BCUT2D eigenvalue weighted by atomic mass is 9.99. The molecule has 1 unspecified atom stereocenters. The predicted molar refractivity (Wildman–Crippen MR) is 108 cm³/mol. The zero-order valence-corrected chi connectivity index (χ0v) is 17.3. The smallest absolute Gasteiger partial charge is 0.416 e. The summed E-state index contributed by atoms with van der Waals surface area (Å²) in [5.41, 5.74) is 5.20. The molecule has 2 aliphatic rings. The van der Waals surface area contributed by atoms with E-state index in [1.54, 1.807) is 35.9 Å². The fourth-order valence-corrected chi connectivity index (χ4v) is 3.81. The average molecular weight is 435 g/mol. The van der Waals surface area contributed by atoms with Crippen molar-refractivity contribution in [2.45, 2.75) is 51.4 Å². The lowest BCUT2D eigenvalue weighted by Gasteiger charge is -2.26. The Balaban J connectivity index is 1.71. The van der Waals surface area contributed by atoms with Crippen LogP contribution in [0.25, 0.3) is 11.4 Å². The predicted octanol–water partition coefficient (Wildman–Crippen LogP) is 2.60. The number of nitrogens with two attached hydrogens (primary N) is 1. The van der Waals surface area contributed by atoms with Crippen molar-refractivity contribution in [1.29, 1.82) is 0 Å². The molecule has 31 heavy (non-hydrogen) atoms. The quantitative estimate of drug-likeness (QED) is 0.747. The van der Waals surface area contributed by atoms with E-state index < -0.39 is 36.1 Å². The summed E-state index contributed by atoms with van der Waals surface area (Å²) in [6.45, 7) is 5.26. The highest BCUT2D eigenvalue weighted by molar-refractivity contribution is 5.91. The first-order valence-corrected chi connectivity index (χ1v) is 9.79. The Morgan fingerprint density at radius 1 is 1.39 bits per heavy atom. The van der Waals surface area contributed by atoms with Crippen molar-refractivity contribution in [3.63, 3.8) is 0 Å². The van der Waals surface area contributed by atoms with Gasteiger partial charge in [-0.1, -0.05) is 0 Å². The van der Waals surface area contributed by atoms with Crippen molar-refractivity contribution in [3.8, 4) is 17.1 Å². The van der Waals surface area contributed by atoms with Crippen molar-refractivity contribution >= 4 is 23.5 Å². The number of imidazole rings is 1. The van der Waals surface area contributed by atoms with Gasteiger partial charge in [-0.15, -0.1) is 0 Å². The molecule has 3 N–H and O–H groups in total. The minimum Gasteiger partial charge on any atom is -0.491 e. The van der Waals surface area contributed by atoms with Crippen molar-refractivity contribution in [2.75, 3.05) is 16.8 Å². The number of hydrogen-bond donors (Lipinski definition) is 2. The van der Waals surface area contributed by atoms with Crippen molar-refractivity contribution < 1.29 is 27.8 Å². The Hall–Kier alpha value is -3.37. The Morgan fingerprint density at radius 2 is 2.13 bits per heavy atom. The normalized spacial score (nSPS) is 20.4. The fraction of sp³-hybridized carbons (Fsp3) is 0.450. The molecular weight excluding hydrogens is 412 g/mol. The highest BCUT2D eigenvalue weighted by atomic mass is 19.3. The summed E-state index contributed by atoms with van der Waals surface area (Å²) in [5, 5.41) is 2.98. The number of amides is 2. The van der Waals surface area contributed by atoms with Crippen LogP contribution in [0.1, 0.15) is 20.8 Å². The molecule has 0 spiro atoms. The van der Waals surface area contributed by atoms with E-state index in [0.29, 0.717) is 36.0 Å². The Labute approximate surface area is 177 Å². The Morgan fingerprint density at radius 3 is 2.81 bits per heavy atom. The Kier molecular flexibility index (Phi) is 4.98. The molecule has 2 amide bonds. The summed E-state index contributed by atoms with van der Waals surface area (Å²) in [6, 6.07) is 3.16. The molecule has 9 nitrogen and oxygen atoms in total. The molecule has 1 aromatic carbocycles. The van der Waals surface area contributed by atoms with Gasteiger partial charge in [0.25, 0.3) is 6.43 Å². The fourth-order valence-electron chi connectivity index (χ4n) is 3.81. The first kappa shape index (κ1) is 20.9. The van der Waals surface area contributed by atoms with E-state index in [2.05, 4.69) is 10.3 Å². The molecule has 0 saturated carbocycles. The van der Waals surface area contributed by atoms with Crippen LogP contribution < -0.4 is 20.7 Å². The molecule has 2 atom stereocenters. The summed E-state index contributed by atoms with van der Waals surface area (Å²) in [4.78, 5) is 29.1. The number of carbonyl (C=O) groups excluding carboxylic acids is 2. The number of primary amides is 1. The average Bonchev–Trinajstić information content (AvgIpc) is 3.13. The number of alkyl halides is 2. The van der Waals surface area contributed by atoms with Gasteiger partial charge in [-0.05, 0) is 32.9 Å². The number of rotatable bonds is 5. The van der Waals surface area contributed by atoms with E-state index in [0.717, 1.165) is 4.90 Å². The third-order valence-electron chi connectivity index (χ3n) is 5.41. The molecular formula is C20H23F2N5O4. The number of ether oxygens (including phenoxy) is 2. The van der Waals surface area contributed by atoms with Crippen LogP contribution in [0.3, 0.4) is 0 Å². The standard InChI is InChI=1S/C20H23F2N5O4/c1-10(17(23)28)24-11-4-5-12-13(8-11)30-7-6-26-9-14(25-18(12)26)27-15(16(21)22)20(2,3)31-19(27)29/h4-5,8-10,15-16,24H,6-7H2,1-3H3,(H2,23,28)/t10?,15-/m1/s1. The first-order chi connectivity index (χ1) is 14.6. The molecule has 1 saturated heterocycles. The molecule has 3 heterocycles. The van der Waals surface area contributed by atoms with E-state index in [4.69, 9.17) is 15.2 Å². The van der Waals surface area contributed by atoms with Crippen molar-refractivity contribution in [3.05, 3.63) is 24.4 Å².